The first-order valence-corrected chi connectivity index (χ1v) is 8.72. The number of hydrogen-bond acceptors (Lipinski definition) is 4. The van der Waals surface area contributed by atoms with Gasteiger partial charge in [0.15, 0.2) is 0 Å². The summed E-state index contributed by atoms with van der Waals surface area (Å²) >= 11 is 0. The van der Waals surface area contributed by atoms with Crippen molar-refractivity contribution in [1.29, 1.82) is 0 Å². The van der Waals surface area contributed by atoms with Crippen LogP contribution in [0.3, 0.4) is 0 Å². The zero-order chi connectivity index (χ0) is 18.1. The Hall–Kier alpha value is -2.95. The molecule has 0 unspecified atom stereocenters. The number of aromatic nitrogens is 1. The molecule has 2 heterocycles. The molecule has 0 aliphatic carbocycles. The Kier molecular flexibility index (Phi) is 4.29. The van der Waals surface area contributed by atoms with Gasteiger partial charge in [-0.3, -0.25) is 4.98 Å². The van der Waals surface area contributed by atoms with E-state index in [1.165, 1.54) is 12.1 Å². The van der Waals surface area contributed by atoms with Crippen LogP contribution in [0.15, 0.2) is 54.7 Å². The number of halogens is 1. The van der Waals surface area contributed by atoms with E-state index >= 15 is 0 Å². The van der Waals surface area contributed by atoms with E-state index in [2.05, 4.69) is 9.88 Å². The molecule has 26 heavy (non-hydrogen) atoms. The van der Waals surface area contributed by atoms with Crippen LogP contribution < -0.4 is 4.90 Å². The van der Waals surface area contributed by atoms with Gasteiger partial charge in [0, 0.05) is 36.3 Å². The molecule has 0 N–H and O–H groups in total. The molecule has 1 aliphatic rings. The van der Waals surface area contributed by atoms with Gasteiger partial charge >= 0.3 is 5.97 Å². The van der Waals surface area contributed by atoms with Crippen LogP contribution in [0.2, 0.25) is 0 Å². The molecule has 1 fully saturated rings. The summed E-state index contributed by atoms with van der Waals surface area (Å²) in [6.45, 7) is 3.87. The van der Waals surface area contributed by atoms with Gasteiger partial charge in [-0.05, 0) is 48.9 Å². The van der Waals surface area contributed by atoms with Crippen LogP contribution in [0.4, 0.5) is 10.1 Å². The van der Waals surface area contributed by atoms with Crippen molar-refractivity contribution in [3.8, 4) is 0 Å². The summed E-state index contributed by atoms with van der Waals surface area (Å²) in [6, 6.07) is 14.3. The van der Waals surface area contributed by atoms with Crippen LogP contribution in [0, 0.1) is 5.82 Å². The molecule has 0 bridgehead atoms. The molecular formula is C21H19FN2O2. The Morgan fingerprint density at radius 1 is 1.19 bits per heavy atom. The quantitative estimate of drug-likeness (QED) is 0.663. The Labute approximate surface area is 151 Å². The van der Waals surface area contributed by atoms with Gasteiger partial charge in [0.2, 0.25) is 0 Å². The fraction of sp³-hybridized carbons (Fsp3) is 0.238. The number of carbonyl (C=O) groups excluding carboxylic acids is 1. The highest BCUT2D eigenvalue weighted by Gasteiger charge is 2.28. The first-order chi connectivity index (χ1) is 12.7. The van der Waals surface area contributed by atoms with E-state index < -0.39 is 0 Å². The van der Waals surface area contributed by atoms with E-state index in [9.17, 15) is 9.18 Å². The molecule has 0 amide bonds. The molecule has 4 rings (SSSR count). The molecule has 1 saturated heterocycles. The zero-order valence-corrected chi connectivity index (χ0v) is 14.5. The number of ether oxygens (including phenoxy) is 1. The number of rotatable bonds is 4. The topological polar surface area (TPSA) is 42.4 Å². The molecule has 0 spiro atoms. The van der Waals surface area contributed by atoms with Gasteiger partial charge in [-0.1, -0.05) is 12.1 Å². The first-order valence-electron chi connectivity index (χ1n) is 8.72. The van der Waals surface area contributed by atoms with Crippen LogP contribution in [-0.2, 0) is 4.74 Å². The largest absolute Gasteiger partial charge is 0.462 e. The lowest BCUT2D eigenvalue weighted by molar-refractivity contribution is 0.0528. The van der Waals surface area contributed by atoms with Crippen LogP contribution in [-0.4, -0.2) is 30.6 Å². The van der Waals surface area contributed by atoms with Gasteiger partial charge in [-0.15, -0.1) is 0 Å². The normalized spacial score (nSPS) is 14.3. The third-order valence-corrected chi connectivity index (χ3v) is 4.81. The highest BCUT2D eigenvalue weighted by molar-refractivity contribution is 6.04. The zero-order valence-electron chi connectivity index (χ0n) is 14.5. The summed E-state index contributed by atoms with van der Waals surface area (Å²) in [5.74, 6) is -0.145. The predicted octanol–water partition coefficient (Wildman–Crippen LogP) is 4.15. The highest BCUT2D eigenvalue weighted by atomic mass is 19.1. The van der Waals surface area contributed by atoms with Gasteiger partial charge in [-0.25, -0.2) is 9.18 Å². The van der Waals surface area contributed by atoms with Crippen LogP contribution in [0.25, 0.3) is 10.9 Å². The summed E-state index contributed by atoms with van der Waals surface area (Å²) in [7, 11) is 0. The minimum atomic E-state index is -0.329. The molecule has 1 aromatic heterocycles. The molecule has 0 atom stereocenters. The number of nitrogens with zero attached hydrogens (tertiary/aromatic N) is 2. The van der Waals surface area contributed by atoms with Crippen molar-refractivity contribution >= 4 is 22.6 Å². The predicted molar refractivity (Wildman–Crippen MR) is 99.1 cm³/mol. The first kappa shape index (κ1) is 16.5. The fourth-order valence-corrected chi connectivity index (χ4v) is 3.35. The van der Waals surface area contributed by atoms with Crippen molar-refractivity contribution in [2.45, 2.75) is 12.8 Å². The van der Waals surface area contributed by atoms with Gasteiger partial charge in [0.25, 0.3) is 0 Å². The molecule has 132 valence electrons. The van der Waals surface area contributed by atoms with Crippen LogP contribution in [0.5, 0.6) is 0 Å². The Balaban J connectivity index is 1.57. The second kappa shape index (κ2) is 6.75. The van der Waals surface area contributed by atoms with Crippen molar-refractivity contribution in [2.24, 2.45) is 0 Å². The second-order valence-corrected chi connectivity index (χ2v) is 6.43. The number of pyridine rings is 1. The average Bonchev–Trinajstić information content (AvgIpc) is 2.61. The van der Waals surface area contributed by atoms with Gasteiger partial charge < -0.3 is 9.64 Å². The minimum absolute atomic E-state index is 0.210. The van der Waals surface area contributed by atoms with E-state index in [1.807, 2.05) is 30.3 Å². The molecular weight excluding hydrogens is 331 g/mol. The fourth-order valence-electron chi connectivity index (χ4n) is 3.35. The maximum atomic E-state index is 13.1. The molecule has 5 heteroatoms. The Bertz CT molecular complexity index is 950. The molecule has 3 aromatic rings. The van der Waals surface area contributed by atoms with Crippen molar-refractivity contribution in [3.05, 3.63) is 71.7 Å². The van der Waals surface area contributed by atoms with Crippen molar-refractivity contribution < 1.29 is 13.9 Å². The smallest absolute Gasteiger partial charge is 0.338 e. The summed E-state index contributed by atoms with van der Waals surface area (Å²) in [6.07, 6.45) is 1.63. The number of esters is 1. The summed E-state index contributed by atoms with van der Waals surface area (Å²) < 4.78 is 18.2. The minimum Gasteiger partial charge on any atom is -0.462 e. The second-order valence-electron chi connectivity index (χ2n) is 6.43. The lowest BCUT2D eigenvalue weighted by Gasteiger charge is -2.41. The van der Waals surface area contributed by atoms with Gasteiger partial charge in [0.05, 0.1) is 17.7 Å². The van der Waals surface area contributed by atoms with Crippen molar-refractivity contribution in [2.75, 3.05) is 24.6 Å². The van der Waals surface area contributed by atoms with Crippen molar-refractivity contribution in [1.82, 2.24) is 4.98 Å². The van der Waals surface area contributed by atoms with E-state index in [0.29, 0.717) is 18.1 Å². The number of benzene rings is 2. The summed E-state index contributed by atoms with van der Waals surface area (Å²) in [5.41, 5.74) is 3.51. The van der Waals surface area contributed by atoms with E-state index in [4.69, 9.17) is 4.74 Å². The number of hydrogen-bond donors (Lipinski definition) is 0. The molecule has 0 radical (unpaired) electrons. The number of fused-ring (bicyclic) bond motifs is 1. The van der Waals surface area contributed by atoms with E-state index in [1.54, 1.807) is 19.2 Å². The monoisotopic (exact) mass is 350 g/mol. The third kappa shape index (κ3) is 3.01. The Morgan fingerprint density at radius 2 is 1.96 bits per heavy atom. The average molecular weight is 350 g/mol. The van der Waals surface area contributed by atoms with Gasteiger partial charge in [0.1, 0.15) is 5.82 Å². The molecule has 4 nitrogen and oxygen atoms in total. The van der Waals surface area contributed by atoms with E-state index in [-0.39, 0.29) is 11.8 Å². The van der Waals surface area contributed by atoms with Crippen molar-refractivity contribution in [3.63, 3.8) is 0 Å². The molecule has 2 aromatic carbocycles. The van der Waals surface area contributed by atoms with Crippen LogP contribution >= 0.6 is 0 Å². The summed E-state index contributed by atoms with van der Waals surface area (Å²) in [4.78, 5) is 18.8. The standard InChI is InChI=1S/C21H19FN2O2/c1-2-26-21(25)18-9-10-23-20-8-7-17(11-19(18)20)24-12-15(13-24)14-3-5-16(22)6-4-14/h3-11,15H,2,12-13H2,1H3. The lowest BCUT2D eigenvalue weighted by atomic mass is 9.90. The molecule has 0 saturated carbocycles. The summed E-state index contributed by atoms with van der Waals surface area (Å²) in [5, 5.41) is 0.800. The van der Waals surface area contributed by atoms with Gasteiger partial charge in [-0.2, -0.15) is 0 Å². The Morgan fingerprint density at radius 3 is 2.69 bits per heavy atom. The molecule has 1 aliphatic heterocycles. The SMILES string of the molecule is CCOC(=O)c1ccnc2ccc(N3CC(c4ccc(F)cc4)C3)cc12. The number of anilines is 1. The third-order valence-electron chi connectivity index (χ3n) is 4.81. The van der Waals surface area contributed by atoms with Crippen LogP contribution in [0.1, 0.15) is 28.8 Å². The maximum absolute atomic E-state index is 13.1. The maximum Gasteiger partial charge on any atom is 0.338 e. The highest BCUT2D eigenvalue weighted by Crippen LogP contribution is 2.33. The lowest BCUT2D eigenvalue weighted by Crippen LogP contribution is -2.45. The number of carbonyl (C=O) groups is 1. The van der Waals surface area contributed by atoms with E-state index in [0.717, 1.165) is 35.2 Å².